The van der Waals surface area contributed by atoms with Crippen molar-refractivity contribution < 1.29 is 18.6 Å². The lowest BCUT2D eigenvalue weighted by molar-refractivity contribution is 0.0307. The van der Waals surface area contributed by atoms with Gasteiger partial charge in [-0.1, -0.05) is 13.0 Å². The molecule has 1 aromatic rings. The van der Waals surface area contributed by atoms with E-state index in [2.05, 4.69) is 10.2 Å². The number of rotatable bonds is 8. The van der Waals surface area contributed by atoms with Crippen LogP contribution in [0.5, 0.6) is 0 Å². The van der Waals surface area contributed by atoms with Crippen LogP contribution in [-0.4, -0.2) is 55.5 Å². The SMILES string of the molecule is CCC(NC1CCN(CC(O)COC)CC1)c1ccc(F)cc1F. The van der Waals surface area contributed by atoms with E-state index in [4.69, 9.17) is 4.74 Å². The van der Waals surface area contributed by atoms with Gasteiger partial charge in [-0.3, -0.25) is 0 Å². The van der Waals surface area contributed by atoms with Crippen molar-refractivity contribution in [1.82, 2.24) is 10.2 Å². The molecule has 1 heterocycles. The highest BCUT2D eigenvalue weighted by molar-refractivity contribution is 5.22. The minimum absolute atomic E-state index is 0.110. The average Bonchev–Trinajstić information content (AvgIpc) is 2.55. The van der Waals surface area contributed by atoms with Gasteiger partial charge in [-0.05, 0) is 38.4 Å². The Hall–Kier alpha value is -1.08. The molecule has 0 radical (unpaired) electrons. The molecule has 0 aromatic heterocycles. The summed E-state index contributed by atoms with van der Waals surface area (Å²) in [7, 11) is 1.58. The second kappa shape index (κ2) is 9.42. The van der Waals surface area contributed by atoms with E-state index < -0.39 is 17.7 Å². The molecule has 0 aliphatic carbocycles. The standard InChI is InChI=1S/C18H28F2N2O2/c1-3-18(16-5-4-13(19)10-17(16)20)21-14-6-8-22(9-7-14)11-15(23)12-24-2/h4-5,10,14-15,18,21,23H,3,6-9,11-12H2,1-2H3. The molecule has 1 fully saturated rings. The Morgan fingerprint density at radius 1 is 1.33 bits per heavy atom. The fraction of sp³-hybridized carbons (Fsp3) is 0.667. The molecule has 2 N–H and O–H groups in total. The molecular formula is C18H28F2N2O2. The fourth-order valence-electron chi connectivity index (χ4n) is 3.32. The zero-order valence-corrected chi connectivity index (χ0v) is 14.5. The quantitative estimate of drug-likeness (QED) is 0.762. The lowest BCUT2D eigenvalue weighted by Crippen LogP contribution is -2.46. The number of nitrogens with one attached hydrogen (secondary N) is 1. The molecule has 1 saturated heterocycles. The monoisotopic (exact) mass is 342 g/mol. The van der Waals surface area contributed by atoms with E-state index in [1.165, 1.54) is 12.1 Å². The summed E-state index contributed by atoms with van der Waals surface area (Å²) in [4.78, 5) is 2.22. The molecule has 136 valence electrons. The summed E-state index contributed by atoms with van der Waals surface area (Å²) in [6, 6.07) is 3.97. The van der Waals surface area contributed by atoms with Gasteiger partial charge in [0.15, 0.2) is 0 Å². The van der Waals surface area contributed by atoms with Crippen molar-refractivity contribution >= 4 is 0 Å². The number of benzene rings is 1. The normalized spacial score (nSPS) is 19.4. The maximum atomic E-state index is 14.0. The van der Waals surface area contributed by atoms with Gasteiger partial charge in [-0.2, -0.15) is 0 Å². The van der Waals surface area contributed by atoms with Crippen LogP contribution in [0.25, 0.3) is 0 Å². The maximum Gasteiger partial charge on any atom is 0.130 e. The number of likely N-dealkylation sites (tertiary alicyclic amines) is 1. The number of hydrogen-bond donors (Lipinski definition) is 2. The summed E-state index contributed by atoms with van der Waals surface area (Å²) in [5, 5.41) is 13.3. The van der Waals surface area contributed by atoms with Crippen LogP contribution in [0.3, 0.4) is 0 Å². The second-order valence-electron chi connectivity index (χ2n) is 6.48. The van der Waals surface area contributed by atoms with E-state index in [0.29, 0.717) is 24.8 Å². The van der Waals surface area contributed by atoms with Crippen LogP contribution in [-0.2, 0) is 4.74 Å². The molecule has 2 atom stereocenters. The van der Waals surface area contributed by atoms with Crippen LogP contribution in [0.15, 0.2) is 18.2 Å². The van der Waals surface area contributed by atoms with Gasteiger partial charge in [0.05, 0.1) is 12.7 Å². The first kappa shape index (κ1) is 19.2. The molecule has 4 nitrogen and oxygen atoms in total. The molecule has 0 saturated carbocycles. The van der Waals surface area contributed by atoms with Crippen LogP contribution < -0.4 is 5.32 Å². The summed E-state index contributed by atoms with van der Waals surface area (Å²) in [5.74, 6) is -1.04. The van der Waals surface area contributed by atoms with Crippen molar-refractivity contribution in [2.45, 2.75) is 44.4 Å². The maximum absolute atomic E-state index is 14.0. The van der Waals surface area contributed by atoms with E-state index in [1.807, 2.05) is 6.92 Å². The highest BCUT2D eigenvalue weighted by Crippen LogP contribution is 2.23. The summed E-state index contributed by atoms with van der Waals surface area (Å²) >= 11 is 0. The molecule has 0 bridgehead atoms. The van der Waals surface area contributed by atoms with Crippen molar-refractivity contribution in [3.63, 3.8) is 0 Å². The number of β-amino-alcohol motifs (C(OH)–C–C–N with tert-alkyl or cyclic N) is 1. The third-order valence-corrected chi connectivity index (χ3v) is 4.60. The van der Waals surface area contributed by atoms with E-state index in [0.717, 1.165) is 38.4 Å². The molecule has 0 spiro atoms. The Balaban J connectivity index is 1.85. The molecule has 6 heteroatoms. The molecule has 1 aliphatic heterocycles. The van der Waals surface area contributed by atoms with E-state index in [-0.39, 0.29) is 6.04 Å². The first-order chi connectivity index (χ1) is 11.5. The average molecular weight is 342 g/mol. The van der Waals surface area contributed by atoms with Gasteiger partial charge in [0.25, 0.3) is 0 Å². The topological polar surface area (TPSA) is 44.7 Å². The van der Waals surface area contributed by atoms with Gasteiger partial charge in [-0.15, -0.1) is 0 Å². The highest BCUT2D eigenvalue weighted by atomic mass is 19.1. The van der Waals surface area contributed by atoms with Crippen molar-refractivity contribution in [2.75, 3.05) is 33.4 Å². The lowest BCUT2D eigenvalue weighted by Gasteiger charge is -2.35. The number of nitrogens with zero attached hydrogens (tertiary/aromatic N) is 1. The molecular weight excluding hydrogens is 314 g/mol. The number of aliphatic hydroxyl groups excluding tert-OH is 1. The van der Waals surface area contributed by atoms with E-state index >= 15 is 0 Å². The number of ether oxygens (including phenoxy) is 1. The van der Waals surface area contributed by atoms with E-state index in [1.54, 1.807) is 7.11 Å². The zero-order valence-electron chi connectivity index (χ0n) is 14.5. The van der Waals surface area contributed by atoms with Gasteiger partial charge in [0.1, 0.15) is 11.6 Å². The Morgan fingerprint density at radius 3 is 2.62 bits per heavy atom. The minimum atomic E-state index is -0.547. The van der Waals surface area contributed by atoms with Gasteiger partial charge < -0.3 is 20.1 Å². The number of methoxy groups -OCH3 is 1. The number of hydrogen-bond acceptors (Lipinski definition) is 4. The Labute approximate surface area is 142 Å². The largest absolute Gasteiger partial charge is 0.389 e. The first-order valence-electron chi connectivity index (χ1n) is 8.63. The Morgan fingerprint density at radius 2 is 2.04 bits per heavy atom. The van der Waals surface area contributed by atoms with Crippen LogP contribution in [0.4, 0.5) is 8.78 Å². The first-order valence-corrected chi connectivity index (χ1v) is 8.63. The Bertz CT molecular complexity index is 508. The van der Waals surface area contributed by atoms with Crippen molar-refractivity contribution in [1.29, 1.82) is 0 Å². The van der Waals surface area contributed by atoms with Gasteiger partial charge in [0, 0.05) is 37.4 Å². The summed E-state index contributed by atoms with van der Waals surface area (Å²) in [6.45, 7) is 4.74. The summed E-state index contributed by atoms with van der Waals surface area (Å²) in [5.41, 5.74) is 0.525. The fourth-order valence-corrected chi connectivity index (χ4v) is 3.32. The number of piperidine rings is 1. The predicted molar refractivity (Wildman–Crippen MR) is 89.9 cm³/mol. The summed E-state index contributed by atoms with van der Waals surface area (Å²) in [6.07, 6.45) is 2.17. The third-order valence-electron chi connectivity index (χ3n) is 4.60. The number of halogens is 2. The van der Waals surface area contributed by atoms with Gasteiger partial charge in [0.2, 0.25) is 0 Å². The van der Waals surface area contributed by atoms with Crippen LogP contribution >= 0.6 is 0 Å². The van der Waals surface area contributed by atoms with E-state index in [9.17, 15) is 13.9 Å². The summed E-state index contributed by atoms with van der Waals surface area (Å²) < 4.78 is 32.0. The number of aliphatic hydroxyl groups is 1. The molecule has 24 heavy (non-hydrogen) atoms. The van der Waals surface area contributed by atoms with Gasteiger partial charge >= 0.3 is 0 Å². The molecule has 2 unspecified atom stereocenters. The van der Waals surface area contributed by atoms with Crippen LogP contribution in [0.2, 0.25) is 0 Å². The highest BCUT2D eigenvalue weighted by Gasteiger charge is 2.24. The lowest BCUT2D eigenvalue weighted by atomic mass is 9.98. The van der Waals surface area contributed by atoms with Crippen molar-refractivity contribution in [3.05, 3.63) is 35.4 Å². The minimum Gasteiger partial charge on any atom is -0.389 e. The van der Waals surface area contributed by atoms with Crippen LogP contribution in [0.1, 0.15) is 37.8 Å². The smallest absolute Gasteiger partial charge is 0.130 e. The van der Waals surface area contributed by atoms with Crippen LogP contribution in [0, 0.1) is 11.6 Å². The molecule has 1 aromatic carbocycles. The predicted octanol–water partition coefficient (Wildman–Crippen LogP) is 2.48. The third kappa shape index (κ3) is 5.48. The van der Waals surface area contributed by atoms with Crippen molar-refractivity contribution in [3.8, 4) is 0 Å². The molecule has 1 aliphatic rings. The van der Waals surface area contributed by atoms with Gasteiger partial charge in [-0.25, -0.2) is 8.78 Å². The molecule has 0 amide bonds. The Kier molecular flexibility index (Phi) is 7.55. The second-order valence-corrected chi connectivity index (χ2v) is 6.48. The molecule has 2 rings (SSSR count). The van der Waals surface area contributed by atoms with Crippen molar-refractivity contribution in [2.24, 2.45) is 0 Å². The zero-order chi connectivity index (χ0) is 17.5.